The van der Waals surface area contributed by atoms with Crippen LogP contribution in [-0.2, 0) is 4.79 Å². The molecular weight excluding hydrogens is 316 g/mol. The van der Waals surface area contributed by atoms with Crippen molar-refractivity contribution in [3.8, 4) is 5.75 Å². The number of anilines is 2. The highest BCUT2D eigenvalue weighted by molar-refractivity contribution is 6.01. The van der Waals surface area contributed by atoms with E-state index in [1.54, 1.807) is 12.3 Å². The van der Waals surface area contributed by atoms with Gasteiger partial charge in [-0.3, -0.25) is 4.79 Å². The second kappa shape index (κ2) is 7.53. The zero-order valence-corrected chi connectivity index (χ0v) is 14.2. The Morgan fingerprint density at radius 3 is 2.68 bits per heavy atom. The molecule has 0 saturated carbocycles. The number of benzene rings is 2. The van der Waals surface area contributed by atoms with E-state index < -0.39 is 0 Å². The van der Waals surface area contributed by atoms with Crippen molar-refractivity contribution in [1.82, 2.24) is 5.43 Å². The molecule has 2 aromatic rings. The molecule has 0 saturated heterocycles. The molecule has 0 aliphatic carbocycles. The van der Waals surface area contributed by atoms with Gasteiger partial charge in [-0.25, -0.2) is 0 Å². The number of para-hydroxylation sites is 2. The zero-order valence-electron chi connectivity index (χ0n) is 14.2. The zero-order chi connectivity index (χ0) is 17.6. The van der Waals surface area contributed by atoms with Gasteiger partial charge in [0.05, 0.1) is 18.4 Å². The fourth-order valence-corrected chi connectivity index (χ4v) is 2.33. The molecule has 25 heavy (non-hydrogen) atoms. The monoisotopic (exact) mass is 336 g/mol. The summed E-state index contributed by atoms with van der Waals surface area (Å²) in [7, 11) is 4.00. The van der Waals surface area contributed by atoms with E-state index in [2.05, 4.69) is 15.8 Å². The van der Waals surface area contributed by atoms with Crippen LogP contribution in [0, 0.1) is 0 Å². The molecule has 128 valence electrons. The second-order valence-corrected chi connectivity index (χ2v) is 5.78. The SMILES string of the molecule is CN(C)c1ccc(/C=N/NCC2=CC(=O)Nc3ccccc3O2)cc1. The normalized spacial score (nSPS) is 13.4. The Labute approximate surface area is 146 Å². The first-order chi connectivity index (χ1) is 12.1. The lowest BCUT2D eigenvalue weighted by Crippen LogP contribution is -2.15. The van der Waals surface area contributed by atoms with E-state index in [0.717, 1.165) is 11.3 Å². The summed E-state index contributed by atoms with van der Waals surface area (Å²) in [4.78, 5) is 13.9. The highest BCUT2D eigenvalue weighted by atomic mass is 16.5. The minimum Gasteiger partial charge on any atom is -0.457 e. The van der Waals surface area contributed by atoms with E-state index in [1.807, 2.05) is 61.5 Å². The number of carbonyl (C=O) groups is 1. The third kappa shape index (κ3) is 4.38. The van der Waals surface area contributed by atoms with Crippen molar-refractivity contribution in [2.24, 2.45) is 5.10 Å². The summed E-state index contributed by atoms with van der Waals surface area (Å²) in [5.41, 5.74) is 5.68. The van der Waals surface area contributed by atoms with Crippen LogP contribution in [0.15, 0.2) is 65.5 Å². The minimum atomic E-state index is -0.218. The Morgan fingerprint density at radius 1 is 1.16 bits per heavy atom. The van der Waals surface area contributed by atoms with Gasteiger partial charge in [0.15, 0.2) is 5.75 Å². The van der Waals surface area contributed by atoms with E-state index in [0.29, 0.717) is 23.7 Å². The highest BCUT2D eigenvalue weighted by Crippen LogP contribution is 2.27. The van der Waals surface area contributed by atoms with Crippen LogP contribution in [0.4, 0.5) is 11.4 Å². The molecule has 1 heterocycles. The maximum atomic E-state index is 11.9. The maximum Gasteiger partial charge on any atom is 0.251 e. The summed E-state index contributed by atoms with van der Waals surface area (Å²) in [6.45, 7) is 0.314. The van der Waals surface area contributed by atoms with Crippen molar-refractivity contribution in [3.05, 3.63) is 65.9 Å². The predicted octanol–water partition coefficient (Wildman–Crippen LogP) is 2.59. The van der Waals surface area contributed by atoms with Crippen molar-refractivity contribution in [1.29, 1.82) is 0 Å². The van der Waals surface area contributed by atoms with Crippen LogP contribution in [0.5, 0.6) is 5.75 Å². The van der Waals surface area contributed by atoms with Crippen LogP contribution in [0.1, 0.15) is 5.56 Å². The van der Waals surface area contributed by atoms with Gasteiger partial charge in [0.1, 0.15) is 5.76 Å². The fraction of sp³-hybridized carbons (Fsp3) is 0.158. The number of amides is 1. The summed E-state index contributed by atoms with van der Waals surface area (Å²) in [5, 5.41) is 6.95. The standard InChI is InChI=1S/C19H20N4O2/c1-23(2)15-9-7-14(8-10-15)12-20-21-13-16-11-19(24)22-17-5-3-4-6-18(17)25-16/h3-12,21H,13H2,1-2H3,(H,22,24)/b20-12+. The number of carbonyl (C=O) groups excluding carboxylic acids is 1. The number of nitrogens with one attached hydrogen (secondary N) is 2. The third-order valence-electron chi connectivity index (χ3n) is 3.65. The summed E-state index contributed by atoms with van der Waals surface area (Å²) < 4.78 is 5.76. The van der Waals surface area contributed by atoms with Crippen LogP contribution < -0.4 is 20.4 Å². The molecule has 6 nitrogen and oxygen atoms in total. The Kier molecular flexibility index (Phi) is 4.99. The van der Waals surface area contributed by atoms with Crippen LogP contribution in [0.25, 0.3) is 0 Å². The number of hydrogen-bond donors (Lipinski definition) is 2. The molecule has 1 aliphatic rings. The first-order valence-corrected chi connectivity index (χ1v) is 7.93. The molecule has 0 atom stereocenters. The van der Waals surface area contributed by atoms with Gasteiger partial charge in [-0.15, -0.1) is 0 Å². The summed E-state index contributed by atoms with van der Waals surface area (Å²) in [6.07, 6.45) is 3.15. The molecule has 0 radical (unpaired) electrons. The van der Waals surface area contributed by atoms with Crippen LogP contribution in [0.3, 0.4) is 0 Å². The van der Waals surface area contributed by atoms with Gasteiger partial charge in [-0.1, -0.05) is 24.3 Å². The van der Waals surface area contributed by atoms with Crippen molar-refractivity contribution < 1.29 is 9.53 Å². The quantitative estimate of drug-likeness (QED) is 0.651. The lowest BCUT2D eigenvalue weighted by molar-refractivity contribution is -0.112. The first kappa shape index (κ1) is 16.6. The lowest BCUT2D eigenvalue weighted by atomic mass is 10.2. The summed E-state index contributed by atoms with van der Waals surface area (Å²) in [5.74, 6) is 0.900. The average molecular weight is 336 g/mol. The molecule has 0 bridgehead atoms. The first-order valence-electron chi connectivity index (χ1n) is 7.93. The fourth-order valence-electron chi connectivity index (χ4n) is 2.33. The Morgan fingerprint density at radius 2 is 1.92 bits per heavy atom. The van der Waals surface area contributed by atoms with Crippen molar-refractivity contribution >= 4 is 23.5 Å². The van der Waals surface area contributed by atoms with Crippen molar-refractivity contribution in [2.75, 3.05) is 30.9 Å². The summed E-state index contributed by atoms with van der Waals surface area (Å²) >= 11 is 0. The van der Waals surface area contributed by atoms with E-state index in [-0.39, 0.29) is 5.91 Å². The topological polar surface area (TPSA) is 66.0 Å². The van der Waals surface area contributed by atoms with Gasteiger partial charge in [0, 0.05) is 25.9 Å². The van der Waals surface area contributed by atoms with Crippen LogP contribution in [0.2, 0.25) is 0 Å². The summed E-state index contributed by atoms with van der Waals surface area (Å²) in [6, 6.07) is 15.3. The molecule has 0 spiro atoms. The number of hydrogen-bond acceptors (Lipinski definition) is 5. The maximum absolute atomic E-state index is 11.9. The predicted molar refractivity (Wildman–Crippen MR) is 100 cm³/mol. The molecular formula is C19H20N4O2. The number of fused-ring (bicyclic) bond motifs is 1. The lowest BCUT2D eigenvalue weighted by Gasteiger charge is -2.11. The molecule has 2 aromatic carbocycles. The van der Waals surface area contributed by atoms with E-state index in [9.17, 15) is 4.79 Å². The molecule has 1 aliphatic heterocycles. The van der Waals surface area contributed by atoms with Gasteiger partial charge in [-0.05, 0) is 29.8 Å². The van der Waals surface area contributed by atoms with E-state index >= 15 is 0 Å². The van der Waals surface area contributed by atoms with Crippen molar-refractivity contribution in [2.45, 2.75) is 0 Å². The van der Waals surface area contributed by atoms with Gasteiger partial charge >= 0.3 is 0 Å². The molecule has 0 unspecified atom stereocenters. The Bertz CT molecular complexity index is 810. The van der Waals surface area contributed by atoms with E-state index in [4.69, 9.17) is 4.74 Å². The van der Waals surface area contributed by atoms with Crippen LogP contribution in [-0.4, -0.2) is 32.8 Å². The molecule has 0 aromatic heterocycles. The number of hydrazone groups is 1. The smallest absolute Gasteiger partial charge is 0.251 e. The van der Waals surface area contributed by atoms with Crippen molar-refractivity contribution in [3.63, 3.8) is 0 Å². The molecule has 3 rings (SSSR count). The van der Waals surface area contributed by atoms with Gasteiger partial charge in [0.2, 0.25) is 0 Å². The number of nitrogens with zero attached hydrogens (tertiary/aromatic N) is 2. The number of rotatable bonds is 5. The van der Waals surface area contributed by atoms with Gasteiger partial charge in [-0.2, -0.15) is 5.10 Å². The highest BCUT2D eigenvalue weighted by Gasteiger charge is 2.14. The van der Waals surface area contributed by atoms with Crippen LogP contribution >= 0.6 is 0 Å². The van der Waals surface area contributed by atoms with E-state index in [1.165, 1.54) is 6.08 Å². The van der Waals surface area contributed by atoms with Gasteiger partial charge in [0.25, 0.3) is 5.91 Å². The molecule has 1 amide bonds. The van der Waals surface area contributed by atoms with Gasteiger partial charge < -0.3 is 20.4 Å². The second-order valence-electron chi connectivity index (χ2n) is 5.78. The largest absolute Gasteiger partial charge is 0.457 e. The third-order valence-corrected chi connectivity index (χ3v) is 3.65. The minimum absolute atomic E-state index is 0.218. The molecule has 0 fully saturated rings. The number of ether oxygens (including phenoxy) is 1. The average Bonchev–Trinajstić information content (AvgIpc) is 2.76. The molecule has 2 N–H and O–H groups in total. The molecule has 6 heteroatoms. The Balaban J connectivity index is 1.59. The Hall–Kier alpha value is -3.28.